The maximum Gasteiger partial charge on any atom is 0.259 e. The summed E-state index contributed by atoms with van der Waals surface area (Å²) in [6.07, 6.45) is 0. The molecule has 0 atom stereocenters. The second-order valence-corrected chi connectivity index (χ2v) is 7.11. The molecule has 3 aromatic rings. The van der Waals surface area contributed by atoms with E-state index in [4.69, 9.17) is 11.5 Å². The van der Waals surface area contributed by atoms with Crippen LogP contribution in [-0.4, -0.2) is 27.1 Å². The Morgan fingerprint density at radius 3 is 1.48 bits per heavy atom. The predicted octanol–water partition coefficient (Wildman–Crippen LogP) is 3.09. The first kappa shape index (κ1) is 21.3. The van der Waals surface area contributed by atoms with Gasteiger partial charge in [0.15, 0.2) is 11.5 Å². The second kappa shape index (κ2) is 8.15. The van der Waals surface area contributed by atoms with Crippen LogP contribution in [-0.2, 0) is 0 Å². The number of benzene rings is 3. The number of amides is 2. The fourth-order valence-electron chi connectivity index (χ4n) is 3.09. The lowest BCUT2D eigenvalue weighted by molar-refractivity contribution is 0.102. The Kier molecular flexibility index (Phi) is 5.60. The van der Waals surface area contributed by atoms with Gasteiger partial charge in [0.2, 0.25) is 0 Å². The molecule has 9 nitrogen and oxygen atoms in total. The lowest BCUT2D eigenvalue weighted by atomic mass is 10.1. The number of aryl methyl sites for hydroxylation is 2. The van der Waals surface area contributed by atoms with Gasteiger partial charge in [0, 0.05) is 0 Å². The van der Waals surface area contributed by atoms with Crippen LogP contribution < -0.4 is 22.1 Å². The van der Waals surface area contributed by atoms with Gasteiger partial charge in [-0.25, -0.2) is 0 Å². The standard InChI is InChI=1S/C22H22N4O5/c1-10-6-14(23)19(28)16(8-10)25-21(30)12-4-3-5-13(18(12)27)22(31)26-17-9-11(2)7-15(24)20(17)29/h3-9,27-29H,23-24H2,1-2H3,(H,25,30)(H,26,31). The van der Waals surface area contributed by atoms with E-state index in [2.05, 4.69) is 10.6 Å². The highest BCUT2D eigenvalue weighted by atomic mass is 16.3. The van der Waals surface area contributed by atoms with Crippen molar-refractivity contribution < 1.29 is 24.9 Å². The van der Waals surface area contributed by atoms with E-state index >= 15 is 0 Å². The van der Waals surface area contributed by atoms with E-state index in [0.29, 0.717) is 11.1 Å². The summed E-state index contributed by atoms with van der Waals surface area (Å²) >= 11 is 0. The molecule has 9 heteroatoms. The number of nitrogen functional groups attached to an aromatic ring is 2. The monoisotopic (exact) mass is 422 g/mol. The van der Waals surface area contributed by atoms with E-state index in [1.165, 1.54) is 30.3 Å². The minimum Gasteiger partial charge on any atom is -0.506 e. The number of nitrogens with one attached hydrogen (secondary N) is 2. The number of para-hydroxylation sites is 1. The number of anilines is 4. The van der Waals surface area contributed by atoms with E-state index in [0.717, 1.165) is 0 Å². The Labute approximate surface area is 177 Å². The highest BCUT2D eigenvalue weighted by Crippen LogP contribution is 2.34. The lowest BCUT2D eigenvalue weighted by Crippen LogP contribution is -2.16. The average Bonchev–Trinajstić information content (AvgIpc) is 2.69. The van der Waals surface area contributed by atoms with Gasteiger partial charge in [-0.05, 0) is 61.4 Å². The van der Waals surface area contributed by atoms with E-state index in [1.54, 1.807) is 26.0 Å². The second-order valence-electron chi connectivity index (χ2n) is 7.11. The summed E-state index contributed by atoms with van der Waals surface area (Å²) in [6, 6.07) is 10.2. The Balaban J connectivity index is 1.89. The largest absolute Gasteiger partial charge is 0.506 e. The number of phenolic OH excluding ortho intramolecular Hbond substituents is 3. The van der Waals surface area contributed by atoms with E-state index < -0.39 is 17.6 Å². The molecule has 0 radical (unpaired) electrons. The van der Waals surface area contributed by atoms with Crippen LogP contribution >= 0.6 is 0 Å². The molecule has 3 rings (SSSR count). The number of rotatable bonds is 4. The number of hydrogen-bond donors (Lipinski definition) is 7. The topological polar surface area (TPSA) is 171 Å². The number of nitrogens with two attached hydrogens (primary N) is 2. The van der Waals surface area contributed by atoms with Gasteiger partial charge in [-0.1, -0.05) is 6.07 Å². The van der Waals surface area contributed by atoms with Gasteiger partial charge in [-0.3, -0.25) is 9.59 Å². The molecule has 0 aromatic heterocycles. The van der Waals surface area contributed by atoms with Crippen molar-refractivity contribution in [3.63, 3.8) is 0 Å². The summed E-state index contributed by atoms with van der Waals surface area (Å²) in [5.74, 6) is -2.69. The average molecular weight is 422 g/mol. The van der Waals surface area contributed by atoms with Crippen LogP contribution in [0.3, 0.4) is 0 Å². The molecule has 0 saturated heterocycles. The smallest absolute Gasteiger partial charge is 0.259 e. The fraction of sp³-hybridized carbons (Fsp3) is 0.0909. The third-order valence-corrected chi connectivity index (χ3v) is 4.59. The zero-order valence-corrected chi connectivity index (χ0v) is 16.9. The van der Waals surface area contributed by atoms with Gasteiger partial charge in [0.05, 0.1) is 33.9 Å². The van der Waals surface area contributed by atoms with E-state index in [1.807, 2.05) is 0 Å². The normalized spacial score (nSPS) is 10.5. The Morgan fingerprint density at radius 1 is 0.710 bits per heavy atom. The van der Waals surface area contributed by atoms with E-state index in [-0.39, 0.29) is 45.4 Å². The minimum absolute atomic E-state index is 0.0666. The maximum absolute atomic E-state index is 12.7. The van der Waals surface area contributed by atoms with Gasteiger partial charge >= 0.3 is 0 Å². The van der Waals surface area contributed by atoms with Gasteiger partial charge in [0.1, 0.15) is 5.75 Å². The van der Waals surface area contributed by atoms with Crippen molar-refractivity contribution >= 4 is 34.6 Å². The molecule has 3 aromatic carbocycles. The molecular formula is C22H22N4O5. The number of phenols is 3. The van der Waals surface area contributed by atoms with Gasteiger partial charge in [-0.15, -0.1) is 0 Å². The van der Waals surface area contributed by atoms with Crippen molar-refractivity contribution in [2.75, 3.05) is 22.1 Å². The Bertz CT molecular complexity index is 1120. The van der Waals surface area contributed by atoms with Crippen LogP contribution in [0.25, 0.3) is 0 Å². The fourth-order valence-corrected chi connectivity index (χ4v) is 3.09. The molecule has 0 saturated carbocycles. The number of aromatic hydroxyl groups is 3. The highest BCUT2D eigenvalue weighted by Gasteiger charge is 2.21. The summed E-state index contributed by atoms with van der Waals surface area (Å²) in [5.41, 5.74) is 12.7. The Morgan fingerprint density at radius 2 is 1.10 bits per heavy atom. The molecule has 0 unspecified atom stereocenters. The minimum atomic E-state index is -0.755. The summed E-state index contributed by atoms with van der Waals surface area (Å²) in [4.78, 5) is 25.4. The maximum atomic E-state index is 12.7. The molecule has 160 valence electrons. The molecule has 0 bridgehead atoms. The van der Waals surface area contributed by atoms with Crippen molar-refractivity contribution in [2.24, 2.45) is 0 Å². The summed E-state index contributed by atoms with van der Waals surface area (Å²) in [6.45, 7) is 3.47. The third kappa shape index (κ3) is 4.30. The Hall–Kier alpha value is -4.40. The van der Waals surface area contributed by atoms with Gasteiger partial charge in [-0.2, -0.15) is 0 Å². The van der Waals surface area contributed by atoms with Crippen molar-refractivity contribution in [3.8, 4) is 17.2 Å². The zero-order chi connectivity index (χ0) is 22.9. The highest BCUT2D eigenvalue weighted by molar-refractivity contribution is 6.12. The van der Waals surface area contributed by atoms with Gasteiger partial charge in [0.25, 0.3) is 11.8 Å². The number of hydrogen-bond acceptors (Lipinski definition) is 7. The van der Waals surface area contributed by atoms with Crippen LogP contribution in [0.4, 0.5) is 22.7 Å². The van der Waals surface area contributed by atoms with Crippen LogP contribution in [0.5, 0.6) is 17.2 Å². The first-order chi connectivity index (χ1) is 14.6. The van der Waals surface area contributed by atoms with Gasteiger partial charge < -0.3 is 37.4 Å². The van der Waals surface area contributed by atoms with Crippen LogP contribution in [0.15, 0.2) is 42.5 Å². The van der Waals surface area contributed by atoms with Crippen molar-refractivity contribution in [3.05, 3.63) is 64.7 Å². The van der Waals surface area contributed by atoms with Crippen LogP contribution in [0, 0.1) is 13.8 Å². The molecule has 31 heavy (non-hydrogen) atoms. The quantitative estimate of drug-likeness (QED) is 0.250. The molecule has 0 aliphatic rings. The number of carbonyl (C=O) groups is 2. The molecule has 0 fully saturated rings. The van der Waals surface area contributed by atoms with Crippen LogP contribution in [0.1, 0.15) is 31.8 Å². The SMILES string of the molecule is Cc1cc(N)c(O)c(NC(=O)c2cccc(C(=O)Nc3cc(C)cc(N)c3O)c2O)c1. The molecular weight excluding hydrogens is 400 g/mol. The molecule has 2 amide bonds. The number of carbonyl (C=O) groups excluding carboxylic acids is 2. The lowest BCUT2D eigenvalue weighted by Gasteiger charge is -2.14. The molecule has 0 spiro atoms. The molecule has 0 heterocycles. The van der Waals surface area contributed by atoms with E-state index in [9.17, 15) is 24.9 Å². The summed E-state index contributed by atoms with van der Waals surface area (Å²) in [5, 5.41) is 35.6. The zero-order valence-electron chi connectivity index (χ0n) is 16.9. The molecule has 0 aliphatic heterocycles. The summed E-state index contributed by atoms with van der Waals surface area (Å²) < 4.78 is 0. The van der Waals surface area contributed by atoms with Crippen molar-refractivity contribution in [1.82, 2.24) is 0 Å². The first-order valence-corrected chi connectivity index (χ1v) is 9.21. The van der Waals surface area contributed by atoms with Crippen molar-refractivity contribution in [2.45, 2.75) is 13.8 Å². The first-order valence-electron chi connectivity index (χ1n) is 9.21. The third-order valence-electron chi connectivity index (χ3n) is 4.59. The summed E-state index contributed by atoms with van der Waals surface area (Å²) in [7, 11) is 0. The molecule has 0 aliphatic carbocycles. The predicted molar refractivity (Wildman–Crippen MR) is 119 cm³/mol. The van der Waals surface area contributed by atoms with Crippen molar-refractivity contribution in [1.29, 1.82) is 0 Å². The molecule has 9 N–H and O–H groups in total. The van der Waals surface area contributed by atoms with Crippen LogP contribution in [0.2, 0.25) is 0 Å².